The van der Waals surface area contributed by atoms with Crippen LogP contribution in [0.2, 0.25) is 5.02 Å². The number of rotatable bonds is 5. The monoisotopic (exact) mass is 465 g/mol. The minimum absolute atomic E-state index is 0.236. The molecule has 3 rings (SSSR count). The molecule has 31 heavy (non-hydrogen) atoms. The zero-order valence-electron chi connectivity index (χ0n) is 18.1. The second-order valence-corrected chi connectivity index (χ2v) is 9.98. The second kappa shape index (κ2) is 10.1. The summed E-state index contributed by atoms with van der Waals surface area (Å²) in [6.07, 6.45) is 2.13. The van der Waals surface area contributed by atoms with Gasteiger partial charge in [-0.25, -0.2) is 4.79 Å². The predicted molar refractivity (Wildman–Crippen MR) is 123 cm³/mol. The average Bonchev–Trinajstić information content (AvgIpc) is 2.96. The first-order valence-electron chi connectivity index (χ1n) is 10.3. The summed E-state index contributed by atoms with van der Waals surface area (Å²) >= 11 is 6.86. The van der Waals surface area contributed by atoms with Crippen molar-refractivity contribution >= 4 is 46.7 Å². The maximum atomic E-state index is 12.6. The lowest BCUT2D eigenvalue weighted by Gasteiger charge is -2.35. The van der Waals surface area contributed by atoms with Gasteiger partial charge in [0.05, 0.1) is 4.91 Å². The van der Waals surface area contributed by atoms with Gasteiger partial charge >= 0.3 is 6.09 Å². The van der Waals surface area contributed by atoms with Crippen molar-refractivity contribution in [2.45, 2.75) is 32.8 Å². The van der Waals surface area contributed by atoms with E-state index in [9.17, 15) is 14.4 Å². The van der Waals surface area contributed by atoms with Crippen LogP contribution in [0.1, 0.15) is 32.8 Å². The third kappa shape index (κ3) is 6.72. The number of carbonyl (C=O) groups excluding carboxylic acids is 3. The summed E-state index contributed by atoms with van der Waals surface area (Å²) in [6.45, 7) is 9.44. The van der Waals surface area contributed by atoms with Gasteiger partial charge in [-0.1, -0.05) is 23.7 Å². The van der Waals surface area contributed by atoms with Crippen LogP contribution in [0.15, 0.2) is 29.2 Å². The van der Waals surface area contributed by atoms with E-state index in [0.717, 1.165) is 37.0 Å². The zero-order chi connectivity index (χ0) is 22.6. The van der Waals surface area contributed by atoms with Gasteiger partial charge in [0, 0.05) is 37.7 Å². The lowest BCUT2D eigenvalue weighted by Crippen LogP contribution is -2.50. The SMILES string of the molecule is CC(C)(C)OC(=O)N1CCN(CCCN2C(=O)SC(=Cc3ccc(Cl)cc3)C2=O)CC1. The lowest BCUT2D eigenvalue weighted by molar-refractivity contribution is -0.122. The molecule has 0 aliphatic carbocycles. The third-order valence-corrected chi connectivity index (χ3v) is 6.08. The highest BCUT2D eigenvalue weighted by molar-refractivity contribution is 8.18. The molecule has 0 atom stereocenters. The number of thioether (sulfide) groups is 1. The third-order valence-electron chi connectivity index (χ3n) is 4.92. The summed E-state index contributed by atoms with van der Waals surface area (Å²) in [5, 5.41) is 0.386. The van der Waals surface area contributed by atoms with Gasteiger partial charge in [0.2, 0.25) is 0 Å². The number of piperazine rings is 1. The van der Waals surface area contributed by atoms with Gasteiger partial charge in [-0.3, -0.25) is 19.4 Å². The van der Waals surface area contributed by atoms with Crippen molar-refractivity contribution in [3.8, 4) is 0 Å². The molecule has 0 aromatic heterocycles. The molecule has 0 saturated carbocycles. The number of imide groups is 1. The van der Waals surface area contributed by atoms with Gasteiger partial charge in [-0.15, -0.1) is 0 Å². The average molecular weight is 466 g/mol. The number of nitrogens with zero attached hydrogens (tertiary/aromatic N) is 3. The van der Waals surface area contributed by atoms with E-state index in [2.05, 4.69) is 4.90 Å². The van der Waals surface area contributed by atoms with Gasteiger partial charge in [0.25, 0.3) is 11.1 Å². The maximum absolute atomic E-state index is 12.6. The van der Waals surface area contributed by atoms with Crippen LogP contribution in [0, 0.1) is 0 Å². The van der Waals surface area contributed by atoms with E-state index in [1.807, 2.05) is 32.9 Å². The molecule has 1 aromatic carbocycles. The fraction of sp³-hybridized carbons (Fsp3) is 0.500. The molecule has 0 radical (unpaired) electrons. The second-order valence-electron chi connectivity index (χ2n) is 8.55. The van der Waals surface area contributed by atoms with E-state index in [1.54, 1.807) is 23.1 Å². The Morgan fingerprint density at radius 1 is 1.10 bits per heavy atom. The number of hydrogen-bond acceptors (Lipinski definition) is 6. The molecule has 9 heteroatoms. The molecule has 2 aliphatic rings. The Balaban J connectivity index is 1.44. The Morgan fingerprint density at radius 3 is 2.35 bits per heavy atom. The van der Waals surface area contributed by atoms with Crippen molar-refractivity contribution in [3.63, 3.8) is 0 Å². The molecule has 7 nitrogen and oxygen atoms in total. The fourth-order valence-corrected chi connectivity index (χ4v) is 4.33. The molecule has 168 valence electrons. The van der Waals surface area contributed by atoms with Crippen molar-refractivity contribution in [1.82, 2.24) is 14.7 Å². The quantitative estimate of drug-likeness (QED) is 0.603. The Morgan fingerprint density at radius 2 is 1.74 bits per heavy atom. The summed E-state index contributed by atoms with van der Waals surface area (Å²) in [5.74, 6) is -0.250. The minimum Gasteiger partial charge on any atom is -0.444 e. The molecule has 2 heterocycles. The van der Waals surface area contributed by atoms with Gasteiger partial charge < -0.3 is 9.64 Å². The fourth-order valence-electron chi connectivity index (χ4n) is 3.34. The van der Waals surface area contributed by atoms with Crippen LogP contribution in [-0.2, 0) is 9.53 Å². The summed E-state index contributed by atoms with van der Waals surface area (Å²) in [7, 11) is 0. The summed E-state index contributed by atoms with van der Waals surface area (Å²) in [4.78, 5) is 42.8. The molecular formula is C22H28ClN3O4S. The molecule has 2 fully saturated rings. The van der Waals surface area contributed by atoms with E-state index in [1.165, 1.54) is 4.90 Å². The number of amides is 3. The topological polar surface area (TPSA) is 70.2 Å². The summed E-state index contributed by atoms with van der Waals surface area (Å²) in [6, 6.07) is 7.13. The Hall–Kier alpha value is -2.03. The van der Waals surface area contributed by atoms with Crippen molar-refractivity contribution < 1.29 is 19.1 Å². The van der Waals surface area contributed by atoms with Crippen molar-refractivity contribution in [2.75, 3.05) is 39.3 Å². The molecule has 0 N–H and O–H groups in total. The van der Waals surface area contributed by atoms with Crippen molar-refractivity contribution in [1.29, 1.82) is 0 Å². The first-order valence-corrected chi connectivity index (χ1v) is 11.5. The summed E-state index contributed by atoms with van der Waals surface area (Å²) < 4.78 is 5.42. The molecule has 1 aromatic rings. The minimum atomic E-state index is -0.498. The number of halogens is 1. The van der Waals surface area contributed by atoms with Crippen LogP contribution in [0.3, 0.4) is 0 Å². The maximum Gasteiger partial charge on any atom is 0.410 e. The van der Waals surface area contributed by atoms with E-state index < -0.39 is 5.60 Å². The first kappa shape index (κ1) is 23.6. The number of ether oxygens (including phenoxy) is 1. The van der Waals surface area contributed by atoms with Crippen LogP contribution in [0.5, 0.6) is 0 Å². The molecule has 0 unspecified atom stereocenters. The Kier molecular flexibility index (Phi) is 7.67. The predicted octanol–water partition coefficient (Wildman–Crippen LogP) is 4.32. The van der Waals surface area contributed by atoms with E-state index in [0.29, 0.717) is 36.0 Å². The van der Waals surface area contributed by atoms with Crippen LogP contribution in [-0.4, -0.2) is 76.8 Å². The molecule has 2 saturated heterocycles. The normalized spacial score (nSPS) is 19.4. The van der Waals surface area contributed by atoms with Crippen molar-refractivity contribution in [3.05, 3.63) is 39.8 Å². The number of hydrogen-bond donors (Lipinski definition) is 0. The van der Waals surface area contributed by atoms with Gasteiger partial charge in [0.15, 0.2) is 0 Å². The number of carbonyl (C=O) groups is 3. The summed E-state index contributed by atoms with van der Waals surface area (Å²) in [5.41, 5.74) is 0.333. The number of benzene rings is 1. The van der Waals surface area contributed by atoms with Crippen LogP contribution in [0.4, 0.5) is 9.59 Å². The van der Waals surface area contributed by atoms with Crippen LogP contribution < -0.4 is 0 Å². The van der Waals surface area contributed by atoms with E-state index in [4.69, 9.17) is 16.3 Å². The first-order chi connectivity index (χ1) is 14.6. The standard InChI is InChI=1S/C22H28ClN3O4S/c1-22(2,3)30-20(28)25-13-11-24(12-14-25)9-4-10-26-19(27)18(31-21(26)29)15-16-5-7-17(23)8-6-16/h5-8,15H,4,9-14H2,1-3H3. The molecule has 3 amide bonds. The van der Waals surface area contributed by atoms with Gasteiger partial charge in [-0.2, -0.15) is 0 Å². The van der Waals surface area contributed by atoms with Crippen LogP contribution in [0.25, 0.3) is 6.08 Å². The van der Waals surface area contributed by atoms with Crippen LogP contribution >= 0.6 is 23.4 Å². The van der Waals surface area contributed by atoms with E-state index >= 15 is 0 Å². The van der Waals surface area contributed by atoms with Gasteiger partial charge in [0.1, 0.15) is 5.60 Å². The highest BCUT2D eigenvalue weighted by atomic mass is 35.5. The molecule has 0 spiro atoms. The zero-order valence-corrected chi connectivity index (χ0v) is 19.7. The lowest BCUT2D eigenvalue weighted by atomic mass is 10.2. The molecule has 2 aliphatic heterocycles. The van der Waals surface area contributed by atoms with Crippen molar-refractivity contribution in [2.24, 2.45) is 0 Å². The largest absolute Gasteiger partial charge is 0.444 e. The van der Waals surface area contributed by atoms with Gasteiger partial charge in [-0.05, 0) is 69.3 Å². The highest BCUT2D eigenvalue weighted by Crippen LogP contribution is 2.32. The van der Waals surface area contributed by atoms with E-state index in [-0.39, 0.29) is 17.2 Å². The Labute approximate surface area is 192 Å². The highest BCUT2D eigenvalue weighted by Gasteiger charge is 2.34. The molecule has 0 bridgehead atoms. The molecular weight excluding hydrogens is 438 g/mol. The Bertz CT molecular complexity index is 859. The smallest absolute Gasteiger partial charge is 0.410 e.